The van der Waals surface area contributed by atoms with E-state index in [2.05, 4.69) is 0 Å². The molecular weight excluding hydrogens is 92.1 g/mol. The van der Waals surface area contributed by atoms with E-state index in [1.807, 2.05) is 0 Å². The minimum atomic E-state index is -1.25. The number of hydrogen-bond acceptors (Lipinski definition) is 2. The van der Waals surface area contributed by atoms with Crippen LogP contribution >= 0.6 is 0 Å². The van der Waals surface area contributed by atoms with Crippen LogP contribution in [0.4, 0.5) is 0 Å². The summed E-state index contributed by atoms with van der Waals surface area (Å²) < 4.78 is 12.1. The van der Waals surface area contributed by atoms with E-state index in [0.717, 1.165) is 6.42 Å². The minimum Gasteiger partial charge on any atom is -0.390 e. The van der Waals surface area contributed by atoms with Gasteiger partial charge in [-0.3, -0.25) is 0 Å². The third-order valence-corrected chi connectivity index (χ3v) is 1.60. The number of rotatable bonds is 0. The summed E-state index contributed by atoms with van der Waals surface area (Å²) in [6.07, 6.45) is 0.275. The molecule has 0 aromatic carbocycles. The molecule has 1 aliphatic heterocycles. The Bertz CT molecular complexity index is 124. The Morgan fingerprint density at radius 2 is 2.57 bits per heavy atom. The summed E-state index contributed by atoms with van der Waals surface area (Å²) in [5.74, 6) is 0. The first-order valence-corrected chi connectivity index (χ1v) is 2.58. The molecule has 3 atom stereocenters. The molecule has 1 N–H and O–H groups in total. The molecule has 2 nitrogen and oxygen atoms in total. The lowest BCUT2D eigenvalue weighted by molar-refractivity contribution is 0.119. The van der Waals surface area contributed by atoms with Gasteiger partial charge < -0.3 is 9.84 Å². The SMILES string of the molecule is [2H][C@@]1(O)CCC2OC21. The highest BCUT2D eigenvalue weighted by atomic mass is 16.6. The zero-order valence-electron chi connectivity index (χ0n) is 4.92. The molecule has 1 heterocycles. The molecular formula is C5H8O2. The summed E-state index contributed by atoms with van der Waals surface area (Å²) in [5, 5.41) is 9.05. The normalized spacial score (nSPS) is 69.6. The van der Waals surface area contributed by atoms with Crippen molar-refractivity contribution in [3.63, 3.8) is 0 Å². The molecule has 1 saturated heterocycles. The van der Waals surface area contributed by atoms with Gasteiger partial charge in [0, 0.05) is 0 Å². The number of fused-ring (bicyclic) bond motifs is 1. The van der Waals surface area contributed by atoms with Crippen molar-refractivity contribution in [2.45, 2.75) is 31.1 Å². The van der Waals surface area contributed by atoms with Crippen molar-refractivity contribution in [1.82, 2.24) is 0 Å². The van der Waals surface area contributed by atoms with Gasteiger partial charge in [-0.15, -0.1) is 0 Å². The molecule has 0 bridgehead atoms. The van der Waals surface area contributed by atoms with Gasteiger partial charge in [0.2, 0.25) is 0 Å². The first-order valence-electron chi connectivity index (χ1n) is 3.08. The Hall–Kier alpha value is -0.0800. The zero-order chi connectivity index (χ0) is 5.78. The van der Waals surface area contributed by atoms with Gasteiger partial charge in [-0.2, -0.15) is 0 Å². The second-order valence-electron chi connectivity index (χ2n) is 2.13. The molecule has 2 aliphatic rings. The maximum atomic E-state index is 9.05. The van der Waals surface area contributed by atoms with Crippen LogP contribution in [0.15, 0.2) is 0 Å². The molecule has 0 radical (unpaired) electrons. The largest absolute Gasteiger partial charge is 0.390 e. The van der Waals surface area contributed by atoms with E-state index in [0.29, 0.717) is 6.42 Å². The van der Waals surface area contributed by atoms with Gasteiger partial charge >= 0.3 is 0 Å². The minimum absolute atomic E-state index is 0.150. The Labute approximate surface area is 43.5 Å². The fraction of sp³-hybridized carbons (Fsp3) is 1.00. The summed E-state index contributed by atoms with van der Waals surface area (Å²) in [5.41, 5.74) is 0. The molecule has 0 amide bonds. The van der Waals surface area contributed by atoms with Gasteiger partial charge in [-0.1, -0.05) is 0 Å². The summed E-state index contributed by atoms with van der Waals surface area (Å²) in [7, 11) is 0. The zero-order valence-corrected chi connectivity index (χ0v) is 3.92. The number of hydrogen-bond donors (Lipinski definition) is 1. The number of aliphatic hydroxyl groups is 1. The van der Waals surface area contributed by atoms with Crippen molar-refractivity contribution < 1.29 is 11.2 Å². The fourth-order valence-corrected chi connectivity index (χ4v) is 1.09. The molecule has 2 fully saturated rings. The van der Waals surface area contributed by atoms with E-state index in [1.165, 1.54) is 0 Å². The molecule has 7 heavy (non-hydrogen) atoms. The predicted octanol–water partition coefficient (Wildman–Crippen LogP) is -0.0915. The highest BCUT2D eigenvalue weighted by Gasteiger charge is 2.49. The van der Waals surface area contributed by atoms with Gasteiger partial charge in [0.05, 0.1) is 13.6 Å². The Balaban J connectivity index is 2.17. The molecule has 2 rings (SSSR count). The van der Waals surface area contributed by atoms with Crippen LogP contribution in [0.3, 0.4) is 0 Å². The molecule has 40 valence electrons. The molecule has 1 aliphatic carbocycles. The van der Waals surface area contributed by atoms with Crippen molar-refractivity contribution in [1.29, 1.82) is 0 Å². The smallest absolute Gasteiger partial charge is 0.110 e. The van der Waals surface area contributed by atoms with Crippen LogP contribution in [-0.4, -0.2) is 23.4 Å². The van der Waals surface area contributed by atoms with Crippen molar-refractivity contribution in [2.75, 3.05) is 0 Å². The lowest BCUT2D eigenvalue weighted by Crippen LogP contribution is -2.08. The highest BCUT2D eigenvalue weighted by Crippen LogP contribution is 2.38. The lowest BCUT2D eigenvalue weighted by atomic mass is 10.3. The van der Waals surface area contributed by atoms with E-state index in [9.17, 15) is 0 Å². The van der Waals surface area contributed by atoms with Gasteiger partial charge in [0.15, 0.2) is 0 Å². The Morgan fingerprint density at radius 3 is 2.71 bits per heavy atom. The molecule has 0 aromatic rings. The average Bonchev–Trinajstić information content (AvgIpc) is 2.34. The van der Waals surface area contributed by atoms with Crippen molar-refractivity contribution in [3.8, 4) is 0 Å². The van der Waals surface area contributed by atoms with Crippen LogP contribution in [0.5, 0.6) is 0 Å². The van der Waals surface area contributed by atoms with Crippen LogP contribution in [0, 0.1) is 0 Å². The lowest BCUT2D eigenvalue weighted by Gasteiger charge is -1.96. The van der Waals surface area contributed by atoms with Crippen LogP contribution in [0.1, 0.15) is 14.2 Å². The van der Waals surface area contributed by atoms with E-state index in [4.69, 9.17) is 11.2 Å². The van der Waals surface area contributed by atoms with Crippen LogP contribution in [0.2, 0.25) is 0 Å². The average molecular weight is 101 g/mol. The Morgan fingerprint density at radius 1 is 1.71 bits per heavy atom. The number of ether oxygens (including phenoxy) is 1. The molecule has 2 heteroatoms. The maximum Gasteiger partial charge on any atom is 0.110 e. The van der Waals surface area contributed by atoms with Gasteiger partial charge in [0.25, 0.3) is 0 Å². The molecule has 1 saturated carbocycles. The quantitative estimate of drug-likeness (QED) is 0.432. The van der Waals surface area contributed by atoms with E-state index < -0.39 is 6.08 Å². The third kappa shape index (κ3) is 0.409. The second kappa shape index (κ2) is 1.01. The summed E-state index contributed by atoms with van der Waals surface area (Å²) in [6, 6.07) is 0. The standard InChI is InChI=1S/C5H8O2/c6-3-1-2-4-5(3)7-4/h3-6H,1-2H2/t3-,4?,5?/m1/s1/i3D. The first kappa shape index (κ1) is 3.05. The fourth-order valence-electron chi connectivity index (χ4n) is 1.09. The molecule has 2 unspecified atom stereocenters. The van der Waals surface area contributed by atoms with Crippen LogP contribution in [-0.2, 0) is 4.74 Å². The summed E-state index contributed by atoms with van der Waals surface area (Å²) in [4.78, 5) is 0. The Kier molecular flexibility index (Phi) is 0.439. The van der Waals surface area contributed by atoms with Gasteiger partial charge in [-0.05, 0) is 12.8 Å². The molecule has 0 spiro atoms. The van der Waals surface area contributed by atoms with E-state index >= 15 is 0 Å². The number of epoxide rings is 1. The third-order valence-electron chi connectivity index (χ3n) is 1.60. The van der Waals surface area contributed by atoms with Crippen LogP contribution in [0.25, 0.3) is 0 Å². The summed E-state index contributed by atoms with van der Waals surface area (Å²) in [6.45, 7) is 0. The van der Waals surface area contributed by atoms with Crippen molar-refractivity contribution in [2.24, 2.45) is 0 Å². The predicted molar refractivity (Wildman–Crippen MR) is 23.9 cm³/mol. The van der Waals surface area contributed by atoms with Crippen molar-refractivity contribution >= 4 is 0 Å². The summed E-state index contributed by atoms with van der Waals surface area (Å²) >= 11 is 0. The van der Waals surface area contributed by atoms with E-state index in [1.54, 1.807) is 0 Å². The second-order valence-corrected chi connectivity index (χ2v) is 2.13. The van der Waals surface area contributed by atoms with Crippen molar-refractivity contribution in [3.05, 3.63) is 0 Å². The van der Waals surface area contributed by atoms with Gasteiger partial charge in [-0.25, -0.2) is 0 Å². The topological polar surface area (TPSA) is 32.8 Å². The first-order chi connectivity index (χ1) is 3.70. The van der Waals surface area contributed by atoms with Crippen LogP contribution < -0.4 is 0 Å². The molecule has 0 aromatic heterocycles. The van der Waals surface area contributed by atoms with E-state index in [-0.39, 0.29) is 12.2 Å². The highest BCUT2D eigenvalue weighted by molar-refractivity contribution is 4.97. The maximum absolute atomic E-state index is 9.05. The van der Waals surface area contributed by atoms with Gasteiger partial charge in [0.1, 0.15) is 6.10 Å². The monoisotopic (exact) mass is 101 g/mol.